The number of carbonyl (C=O) groups excluding carboxylic acids is 1. The molecular weight excluding hydrogens is 325 g/mol. The molecule has 2 saturated heterocycles. The number of fused-ring (bicyclic) bond motifs is 1. The summed E-state index contributed by atoms with van der Waals surface area (Å²) in [4.78, 5) is 26.5. The van der Waals surface area contributed by atoms with Gasteiger partial charge < -0.3 is 14.7 Å². The fraction of sp³-hybridized carbons (Fsp3) is 0.368. The second-order valence-electron chi connectivity index (χ2n) is 7.00. The van der Waals surface area contributed by atoms with Crippen molar-refractivity contribution in [2.75, 3.05) is 4.90 Å². The van der Waals surface area contributed by atoms with Crippen LogP contribution in [0.5, 0.6) is 0 Å². The molecule has 5 atom stereocenters. The normalized spacial score (nSPS) is 35.3. The zero-order valence-corrected chi connectivity index (χ0v) is 13.7. The molecule has 0 unspecified atom stereocenters. The van der Waals surface area contributed by atoms with E-state index in [9.17, 15) is 19.1 Å². The molecule has 1 aromatic carbocycles. The zero-order valence-electron chi connectivity index (χ0n) is 13.7. The molecule has 5 nitrogen and oxygen atoms in total. The minimum atomic E-state index is -1.04. The molecule has 130 valence electrons. The van der Waals surface area contributed by atoms with Gasteiger partial charge >= 0.3 is 5.97 Å². The van der Waals surface area contributed by atoms with E-state index in [0.717, 1.165) is 5.57 Å². The smallest absolute Gasteiger partial charge is 0.310 e. The van der Waals surface area contributed by atoms with Gasteiger partial charge in [0.1, 0.15) is 17.3 Å². The fourth-order valence-corrected chi connectivity index (χ4v) is 4.42. The first-order valence-corrected chi connectivity index (χ1v) is 8.18. The summed E-state index contributed by atoms with van der Waals surface area (Å²) in [5.74, 6) is -3.42. The number of hydrogen-bond acceptors (Lipinski definition) is 3. The first-order chi connectivity index (χ1) is 11.8. The standard InChI is InChI=1S/C19H18FNO4/c1-10(2)9-14-19-8-7-13(25-19)15(18(23)24)16(19)17(22)21(14)12-5-3-11(20)4-6-12/h3-8,13-16H,1,9H2,2H3,(H,23,24)/t13-,14+,15+,16+,19+/m0/s1. The predicted molar refractivity (Wildman–Crippen MR) is 88.5 cm³/mol. The zero-order chi connectivity index (χ0) is 17.9. The first kappa shape index (κ1) is 16.0. The van der Waals surface area contributed by atoms with Crippen LogP contribution in [0, 0.1) is 17.7 Å². The van der Waals surface area contributed by atoms with E-state index in [-0.39, 0.29) is 5.91 Å². The quantitative estimate of drug-likeness (QED) is 0.853. The van der Waals surface area contributed by atoms with Crippen molar-refractivity contribution in [3.8, 4) is 0 Å². The maximum absolute atomic E-state index is 13.3. The molecule has 1 amide bonds. The van der Waals surface area contributed by atoms with Crippen LogP contribution >= 0.6 is 0 Å². The summed E-state index contributed by atoms with van der Waals surface area (Å²) < 4.78 is 19.3. The van der Waals surface area contributed by atoms with Crippen molar-refractivity contribution in [3.05, 3.63) is 54.4 Å². The van der Waals surface area contributed by atoms with E-state index in [1.165, 1.54) is 24.3 Å². The van der Waals surface area contributed by atoms with Crippen LogP contribution in [0.2, 0.25) is 0 Å². The van der Waals surface area contributed by atoms with Gasteiger partial charge in [-0.05, 0) is 37.6 Å². The minimum absolute atomic E-state index is 0.294. The van der Waals surface area contributed by atoms with Crippen molar-refractivity contribution in [2.45, 2.75) is 31.1 Å². The number of hydrogen-bond donors (Lipinski definition) is 1. The number of amides is 1. The molecule has 1 spiro atoms. The number of anilines is 1. The number of benzene rings is 1. The number of carboxylic acids is 1. The summed E-state index contributed by atoms with van der Waals surface area (Å²) in [6, 6.07) is 5.23. The lowest BCUT2D eigenvalue weighted by atomic mass is 9.74. The second-order valence-corrected chi connectivity index (χ2v) is 7.00. The van der Waals surface area contributed by atoms with Gasteiger partial charge in [0.15, 0.2) is 0 Å². The van der Waals surface area contributed by atoms with Gasteiger partial charge in [0.2, 0.25) is 5.91 Å². The molecule has 2 fully saturated rings. The Labute approximate surface area is 144 Å². The highest BCUT2D eigenvalue weighted by molar-refractivity contribution is 6.03. The third kappa shape index (κ3) is 2.10. The monoisotopic (exact) mass is 343 g/mol. The topological polar surface area (TPSA) is 66.8 Å². The van der Waals surface area contributed by atoms with Gasteiger partial charge in [-0.15, -0.1) is 6.58 Å². The Morgan fingerprint density at radius 3 is 2.68 bits per heavy atom. The predicted octanol–water partition coefficient (Wildman–Crippen LogP) is 2.53. The maximum atomic E-state index is 13.3. The molecule has 1 N–H and O–H groups in total. The Bertz CT molecular complexity index is 802. The van der Waals surface area contributed by atoms with Gasteiger partial charge in [-0.3, -0.25) is 9.59 Å². The van der Waals surface area contributed by atoms with Crippen molar-refractivity contribution in [1.82, 2.24) is 0 Å². The Balaban J connectivity index is 1.84. The van der Waals surface area contributed by atoms with Crippen molar-refractivity contribution in [3.63, 3.8) is 0 Å². The maximum Gasteiger partial charge on any atom is 0.310 e. The Hall–Kier alpha value is -2.47. The molecule has 1 aromatic rings. The number of halogens is 1. The molecule has 3 aliphatic heterocycles. The Kier molecular flexibility index (Phi) is 3.37. The molecule has 6 heteroatoms. The van der Waals surface area contributed by atoms with Crippen LogP contribution in [0.3, 0.4) is 0 Å². The fourth-order valence-electron chi connectivity index (χ4n) is 4.42. The number of aliphatic carboxylic acids is 1. The molecular formula is C19H18FNO4. The minimum Gasteiger partial charge on any atom is -0.481 e. The lowest BCUT2D eigenvalue weighted by molar-refractivity contribution is -0.146. The van der Waals surface area contributed by atoms with Gasteiger partial charge in [0, 0.05) is 5.69 Å². The van der Waals surface area contributed by atoms with Crippen LogP contribution < -0.4 is 4.90 Å². The number of nitrogens with zero attached hydrogens (tertiary/aromatic N) is 1. The van der Waals surface area contributed by atoms with Gasteiger partial charge in [0.05, 0.1) is 18.1 Å². The van der Waals surface area contributed by atoms with Gasteiger partial charge in [-0.2, -0.15) is 0 Å². The van der Waals surface area contributed by atoms with Crippen molar-refractivity contribution in [2.24, 2.45) is 11.8 Å². The van der Waals surface area contributed by atoms with Gasteiger partial charge in [0.25, 0.3) is 0 Å². The van der Waals surface area contributed by atoms with Crippen molar-refractivity contribution >= 4 is 17.6 Å². The number of carboxylic acid groups (broad SMARTS) is 1. The van der Waals surface area contributed by atoms with E-state index < -0.39 is 41.4 Å². The van der Waals surface area contributed by atoms with E-state index in [2.05, 4.69) is 6.58 Å². The molecule has 0 aliphatic carbocycles. The van der Waals surface area contributed by atoms with E-state index in [4.69, 9.17) is 4.74 Å². The summed E-state index contributed by atoms with van der Waals surface area (Å²) in [5.41, 5.74) is 0.420. The van der Waals surface area contributed by atoms with Crippen LogP contribution in [0.4, 0.5) is 10.1 Å². The molecule has 0 saturated carbocycles. The van der Waals surface area contributed by atoms with Crippen LogP contribution in [0.15, 0.2) is 48.6 Å². The average Bonchev–Trinajstić information content (AvgIpc) is 3.18. The molecule has 0 radical (unpaired) electrons. The van der Waals surface area contributed by atoms with Gasteiger partial charge in [-0.1, -0.05) is 17.7 Å². The van der Waals surface area contributed by atoms with Crippen LogP contribution in [0.25, 0.3) is 0 Å². The third-order valence-electron chi connectivity index (χ3n) is 5.35. The summed E-state index contributed by atoms with van der Waals surface area (Å²) in [5, 5.41) is 9.61. The summed E-state index contributed by atoms with van der Waals surface area (Å²) >= 11 is 0. The lowest BCUT2D eigenvalue weighted by Gasteiger charge is -2.33. The summed E-state index contributed by atoms with van der Waals surface area (Å²) in [7, 11) is 0. The van der Waals surface area contributed by atoms with Crippen LogP contribution in [0.1, 0.15) is 13.3 Å². The lowest BCUT2D eigenvalue weighted by Crippen LogP contribution is -2.45. The van der Waals surface area contributed by atoms with E-state index in [1.54, 1.807) is 11.0 Å². The first-order valence-electron chi connectivity index (χ1n) is 8.18. The van der Waals surface area contributed by atoms with Gasteiger partial charge in [-0.25, -0.2) is 4.39 Å². The molecule has 3 aliphatic rings. The average molecular weight is 343 g/mol. The third-order valence-corrected chi connectivity index (χ3v) is 5.35. The highest BCUT2D eigenvalue weighted by atomic mass is 19.1. The van der Waals surface area contributed by atoms with Crippen molar-refractivity contribution in [1.29, 1.82) is 0 Å². The van der Waals surface area contributed by atoms with Crippen LogP contribution in [-0.4, -0.2) is 34.7 Å². The highest BCUT2D eigenvalue weighted by Crippen LogP contribution is 2.56. The molecule has 0 aromatic heterocycles. The number of ether oxygens (including phenoxy) is 1. The molecule has 25 heavy (non-hydrogen) atoms. The second kappa shape index (κ2) is 5.26. The van der Waals surface area contributed by atoms with E-state index in [0.29, 0.717) is 12.1 Å². The Morgan fingerprint density at radius 2 is 2.08 bits per heavy atom. The van der Waals surface area contributed by atoms with Crippen molar-refractivity contribution < 1.29 is 23.8 Å². The van der Waals surface area contributed by atoms with E-state index >= 15 is 0 Å². The molecule has 3 heterocycles. The largest absolute Gasteiger partial charge is 0.481 e. The Morgan fingerprint density at radius 1 is 1.40 bits per heavy atom. The van der Waals surface area contributed by atoms with E-state index in [1.807, 2.05) is 13.0 Å². The molecule has 4 rings (SSSR count). The highest BCUT2D eigenvalue weighted by Gasteiger charge is 2.71. The number of rotatable bonds is 4. The number of carbonyl (C=O) groups is 2. The molecule has 2 bridgehead atoms. The summed E-state index contributed by atoms with van der Waals surface area (Å²) in [6.45, 7) is 5.80. The SMILES string of the molecule is C=C(C)C[C@H]1N(c2ccc(F)cc2)C(=O)[C@H]2[C@H](C(=O)O)[C@@H]3C=C[C@]21O3. The van der Waals surface area contributed by atoms with Crippen LogP contribution in [-0.2, 0) is 14.3 Å². The summed E-state index contributed by atoms with van der Waals surface area (Å²) in [6.07, 6.45) is 3.46.